The SMILES string of the molecule is CS(=O)(=O)N(CC(=O)O)C[C@@H]1CN(C(=O)[C@H]2C[C@H]2C2CC2)CCO1. The molecule has 136 valence electrons. The zero-order valence-electron chi connectivity index (χ0n) is 13.8. The molecule has 0 spiro atoms. The predicted octanol–water partition coefficient (Wildman–Crippen LogP) is -0.394. The van der Waals surface area contributed by atoms with Crippen LogP contribution in [0.4, 0.5) is 0 Å². The number of carbonyl (C=O) groups is 2. The quantitative estimate of drug-likeness (QED) is 0.663. The van der Waals surface area contributed by atoms with E-state index < -0.39 is 28.6 Å². The summed E-state index contributed by atoms with van der Waals surface area (Å²) in [6, 6.07) is 0. The van der Waals surface area contributed by atoms with Gasteiger partial charge in [0.1, 0.15) is 6.54 Å². The first kappa shape index (κ1) is 17.6. The fraction of sp³-hybridized carbons (Fsp3) is 0.867. The van der Waals surface area contributed by atoms with Crippen molar-refractivity contribution in [3.63, 3.8) is 0 Å². The number of amides is 1. The van der Waals surface area contributed by atoms with E-state index in [1.165, 1.54) is 12.8 Å². The lowest BCUT2D eigenvalue weighted by Gasteiger charge is -2.35. The van der Waals surface area contributed by atoms with Gasteiger partial charge in [0.15, 0.2) is 0 Å². The molecule has 3 atom stereocenters. The molecule has 3 fully saturated rings. The number of carboxylic acids is 1. The second-order valence-corrected chi connectivity index (χ2v) is 9.05. The van der Waals surface area contributed by atoms with Crippen LogP contribution in [0.3, 0.4) is 0 Å². The monoisotopic (exact) mass is 360 g/mol. The maximum Gasteiger partial charge on any atom is 0.318 e. The molecule has 1 heterocycles. The molecule has 0 bridgehead atoms. The molecule has 0 aromatic carbocycles. The summed E-state index contributed by atoms with van der Waals surface area (Å²) in [6.07, 6.45) is 3.93. The van der Waals surface area contributed by atoms with Gasteiger partial charge < -0.3 is 14.7 Å². The van der Waals surface area contributed by atoms with Crippen molar-refractivity contribution in [2.75, 3.05) is 39.0 Å². The normalized spacial score (nSPS) is 30.4. The summed E-state index contributed by atoms with van der Waals surface area (Å²) >= 11 is 0. The smallest absolute Gasteiger partial charge is 0.318 e. The lowest BCUT2D eigenvalue weighted by atomic mass is 10.2. The second kappa shape index (κ2) is 6.61. The summed E-state index contributed by atoms with van der Waals surface area (Å²) in [5, 5.41) is 8.87. The molecule has 24 heavy (non-hydrogen) atoms. The minimum Gasteiger partial charge on any atom is -0.480 e. The number of carboxylic acid groups (broad SMARTS) is 1. The van der Waals surface area contributed by atoms with Gasteiger partial charge in [0.25, 0.3) is 0 Å². The van der Waals surface area contributed by atoms with Gasteiger partial charge in [-0.3, -0.25) is 9.59 Å². The Labute approximate surface area is 141 Å². The van der Waals surface area contributed by atoms with E-state index in [-0.39, 0.29) is 18.4 Å². The molecular weight excluding hydrogens is 336 g/mol. The topological polar surface area (TPSA) is 104 Å². The number of sulfonamides is 1. The van der Waals surface area contributed by atoms with E-state index in [2.05, 4.69) is 0 Å². The molecule has 1 amide bonds. The Morgan fingerprint density at radius 1 is 1.33 bits per heavy atom. The van der Waals surface area contributed by atoms with Gasteiger partial charge in [0.2, 0.25) is 15.9 Å². The Kier molecular flexibility index (Phi) is 4.85. The molecule has 0 aromatic rings. The molecule has 0 radical (unpaired) electrons. The maximum atomic E-state index is 12.6. The first-order valence-corrected chi connectivity index (χ1v) is 10.2. The summed E-state index contributed by atoms with van der Waals surface area (Å²) in [7, 11) is -3.64. The van der Waals surface area contributed by atoms with Crippen molar-refractivity contribution >= 4 is 21.9 Å². The average molecular weight is 360 g/mol. The highest BCUT2D eigenvalue weighted by Crippen LogP contribution is 2.54. The number of aliphatic carboxylic acids is 1. The third-order valence-electron chi connectivity index (χ3n) is 5.02. The van der Waals surface area contributed by atoms with Crippen molar-refractivity contribution in [3.8, 4) is 0 Å². The number of nitrogens with zero attached hydrogens (tertiary/aromatic N) is 2. The van der Waals surface area contributed by atoms with E-state index in [0.717, 1.165) is 22.9 Å². The summed E-state index contributed by atoms with van der Waals surface area (Å²) in [5.74, 6) is 0.324. The first-order valence-electron chi connectivity index (χ1n) is 8.33. The minimum atomic E-state index is -3.64. The Morgan fingerprint density at radius 3 is 2.62 bits per heavy atom. The summed E-state index contributed by atoms with van der Waals surface area (Å²) in [4.78, 5) is 25.2. The zero-order chi connectivity index (χ0) is 17.5. The lowest BCUT2D eigenvalue weighted by Crippen LogP contribution is -2.51. The van der Waals surface area contributed by atoms with E-state index >= 15 is 0 Å². The van der Waals surface area contributed by atoms with Crippen molar-refractivity contribution in [3.05, 3.63) is 0 Å². The van der Waals surface area contributed by atoms with Crippen LogP contribution in [-0.4, -0.2) is 79.8 Å². The van der Waals surface area contributed by atoms with Crippen LogP contribution >= 0.6 is 0 Å². The van der Waals surface area contributed by atoms with Crippen molar-refractivity contribution in [1.29, 1.82) is 0 Å². The lowest BCUT2D eigenvalue weighted by molar-refractivity contribution is -0.142. The summed E-state index contributed by atoms with van der Waals surface area (Å²) in [6.45, 7) is 0.534. The van der Waals surface area contributed by atoms with Crippen LogP contribution in [0, 0.1) is 17.8 Å². The minimum absolute atomic E-state index is 0.0500. The van der Waals surface area contributed by atoms with Crippen molar-refractivity contribution < 1.29 is 27.9 Å². The van der Waals surface area contributed by atoms with Gasteiger partial charge in [-0.15, -0.1) is 0 Å². The Morgan fingerprint density at radius 2 is 2.04 bits per heavy atom. The fourth-order valence-corrected chi connectivity index (χ4v) is 4.29. The van der Waals surface area contributed by atoms with E-state index in [9.17, 15) is 18.0 Å². The molecule has 2 saturated carbocycles. The van der Waals surface area contributed by atoms with Gasteiger partial charge in [-0.05, 0) is 31.1 Å². The number of ether oxygens (including phenoxy) is 1. The summed E-state index contributed by atoms with van der Waals surface area (Å²) in [5.41, 5.74) is 0. The van der Waals surface area contributed by atoms with Gasteiger partial charge >= 0.3 is 5.97 Å². The highest BCUT2D eigenvalue weighted by atomic mass is 32.2. The maximum absolute atomic E-state index is 12.6. The molecule has 0 unspecified atom stereocenters. The number of carbonyl (C=O) groups excluding carboxylic acids is 1. The number of morpholine rings is 1. The highest BCUT2D eigenvalue weighted by Gasteiger charge is 2.52. The molecular formula is C15H24N2O6S. The molecule has 0 aromatic heterocycles. The largest absolute Gasteiger partial charge is 0.480 e. The van der Waals surface area contributed by atoms with Crippen molar-refractivity contribution in [2.24, 2.45) is 17.8 Å². The van der Waals surface area contributed by atoms with Gasteiger partial charge in [-0.1, -0.05) is 0 Å². The van der Waals surface area contributed by atoms with Crippen LogP contribution in [0.15, 0.2) is 0 Å². The Bertz CT molecular complexity index is 617. The average Bonchev–Trinajstić information content (AvgIpc) is 3.36. The fourth-order valence-electron chi connectivity index (χ4n) is 3.50. The van der Waals surface area contributed by atoms with Crippen LogP contribution in [0.25, 0.3) is 0 Å². The molecule has 2 aliphatic carbocycles. The molecule has 1 aliphatic heterocycles. The zero-order valence-corrected chi connectivity index (χ0v) is 14.6. The van der Waals surface area contributed by atoms with Crippen LogP contribution in [0.1, 0.15) is 19.3 Å². The van der Waals surface area contributed by atoms with Crippen LogP contribution in [-0.2, 0) is 24.3 Å². The van der Waals surface area contributed by atoms with Gasteiger partial charge in [0, 0.05) is 25.6 Å². The summed E-state index contributed by atoms with van der Waals surface area (Å²) < 4.78 is 29.9. The number of hydrogen-bond acceptors (Lipinski definition) is 5. The van der Waals surface area contributed by atoms with E-state index in [4.69, 9.17) is 9.84 Å². The molecule has 3 rings (SSSR count). The van der Waals surface area contributed by atoms with Gasteiger partial charge in [0.05, 0.1) is 19.0 Å². The molecule has 8 nitrogen and oxygen atoms in total. The first-order chi connectivity index (χ1) is 11.3. The third-order valence-corrected chi connectivity index (χ3v) is 6.24. The van der Waals surface area contributed by atoms with Crippen molar-refractivity contribution in [2.45, 2.75) is 25.4 Å². The van der Waals surface area contributed by atoms with Crippen LogP contribution < -0.4 is 0 Å². The Balaban J connectivity index is 1.56. The van der Waals surface area contributed by atoms with Gasteiger partial charge in [-0.25, -0.2) is 8.42 Å². The van der Waals surface area contributed by atoms with E-state index in [1.807, 2.05) is 0 Å². The highest BCUT2D eigenvalue weighted by molar-refractivity contribution is 7.88. The third kappa shape index (κ3) is 4.25. The number of hydrogen-bond donors (Lipinski definition) is 1. The van der Waals surface area contributed by atoms with E-state index in [0.29, 0.717) is 25.6 Å². The standard InChI is InChI=1S/C15H24N2O6S/c1-24(21,22)17(9-14(18)19)8-11-7-16(4-5-23-11)15(20)13-6-12(13)10-2-3-10/h10-13H,2-9H2,1H3,(H,18,19)/t11-,12-,13-/m0/s1. The molecule has 3 aliphatic rings. The van der Waals surface area contributed by atoms with Crippen molar-refractivity contribution in [1.82, 2.24) is 9.21 Å². The number of rotatable bonds is 7. The molecule has 1 N–H and O–H groups in total. The Hall–Kier alpha value is -1.19. The molecule has 9 heteroatoms. The predicted molar refractivity (Wildman–Crippen MR) is 84.7 cm³/mol. The second-order valence-electron chi connectivity index (χ2n) is 7.07. The molecule has 1 saturated heterocycles. The van der Waals surface area contributed by atoms with Crippen LogP contribution in [0.5, 0.6) is 0 Å². The van der Waals surface area contributed by atoms with E-state index in [1.54, 1.807) is 4.90 Å². The van der Waals surface area contributed by atoms with Gasteiger partial charge in [-0.2, -0.15) is 4.31 Å². The van der Waals surface area contributed by atoms with Crippen LogP contribution in [0.2, 0.25) is 0 Å².